The molecule has 3 heterocycles. The second-order valence-electron chi connectivity index (χ2n) is 23.5. The zero-order chi connectivity index (χ0) is 53.4. The zero-order valence-electron chi connectivity index (χ0n) is 48.9. The van der Waals surface area contributed by atoms with Crippen LogP contribution in [0.4, 0.5) is 0 Å². The van der Waals surface area contributed by atoms with Crippen molar-refractivity contribution in [2.75, 3.05) is 13.1 Å². The van der Waals surface area contributed by atoms with Crippen molar-refractivity contribution in [2.45, 2.75) is 255 Å². The van der Waals surface area contributed by atoms with Gasteiger partial charge in [0.05, 0.1) is 21.8 Å². The molecule has 5 nitrogen and oxygen atoms in total. The van der Waals surface area contributed by atoms with Crippen molar-refractivity contribution < 1.29 is 14.0 Å². The summed E-state index contributed by atoms with van der Waals surface area (Å²) in [5.74, 6) is 2.17. The predicted octanol–water partition coefficient (Wildman–Crippen LogP) is 20.9. The van der Waals surface area contributed by atoms with Crippen molar-refractivity contribution >= 4 is 45.8 Å². The van der Waals surface area contributed by atoms with Gasteiger partial charge in [0.1, 0.15) is 5.76 Å². The van der Waals surface area contributed by atoms with Gasteiger partial charge in [-0.2, -0.15) is 0 Å². The highest BCUT2D eigenvalue weighted by molar-refractivity contribution is 7.16. The molecule has 0 fully saturated rings. The van der Waals surface area contributed by atoms with Crippen LogP contribution in [-0.2, 0) is 20.4 Å². The van der Waals surface area contributed by atoms with E-state index in [0.717, 1.165) is 60.4 Å². The number of rotatable bonds is 33. The third-order valence-corrected chi connectivity index (χ3v) is 16.4. The highest BCUT2D eigenvalue weighted by Gasteiger charge is 2.40. The molecular formula is C67H104N2O3S. The summed E-state index contributed by atoms with van der Waals surface area (Å²) in [7, 11) is 0. The molecule has 0 spiro atoms. The van der Waals surface area contributed by atoms with E-state index in [1.165, 1.54) is 149 Å². The van der Waals surface area contributed by atoms with Gasteiger partial charge in [-0.1, -0.05) is 242 Å². The Balaban J connectivity index is 0.00000570. The number of thiophene rings is 1. The zero-order valence-corrected chi connectivity index (χ0v) is 49.7. The molecule has 0 saturated heterocycles. The Hall–Kier alpha value is -3.90. The van der Waals surface area contributed by atoms with E-state index >= 15 is 4.79 Å². The van der Waals surface area contributed by atoms with Crippen molar-refractivity contribution in [3.8, 4) is 10.4 Å². The van der Waals surface area contributed by atoms with Gasteiger partial charge in [0.2, 0.25) is 6.41 Å². The average Bonchev–Trinajstić information content (AvgIpc) is 4.13. The standard InChI is InChI=1S/C65H98N2O3S.C2H6/c1-12-16-20-24-26-30-33-50(32-28-22-18-14-3)46-66(48-68)62(56-40-43-59(70-56)65(9,10)11)60-49(5)61(67(63(60)69)47-51(34-29-23-19-15-4)35-31-27-25-21-17-13-2)58-42-41-57(71-58)54-37-36-53-45-55(64(6,7)8)39-38-52(53)44-54;1-2/h36-45,48,50-51H,12-35,46-47H2,1-11H3;1-2H3/b62-60+;. The summed E-state index contributed by atoms with van der Waals surface area (Å²) < 4.78 is 6.83. The number of benzene rings is 2. The molecule has 73 heavy (non-hydrogen) atoms. The number of nitrogens with zero attached hydrogens (tertiary/aromatic N) is 2. The molecule has 0 radical (unpaired) electrons. The fraction of sp³-hybridized carbons (Fsp3) is 0.642. The van der Waals surface area contributed by atoms with Crippen LogP contribution in [0.15, 0.2) is 76.2 Å². The van der Waals surface area contributed by atoms with Crippen molar-refractivity contribution in [1.82, 2.24) is 9.80 Å². The Morgan fingerprint density at radius 1 is 0.603 bits per heavy atom. The molecule has 0 saturated carbocycles. The van der Waals surface area contributed by atoms with Crippen molar-refractivity contribution in [1.29, 1.82) is 0 Å². The average molecular weight is 1020 g/mol. The second kappa shape index (κ2) is 31.9. The maximum atomic E-state index is 15.9. The number of carbonyl (C=O) groups excluding carboxylic acids is 2. The summed E-state index contributed by atoms with van der Waals surface area (Å²) in [4.78, 5) is 36.1. The SMILES string of the molecule is CC.CCCCCCCCC(CCCCCC)CN1C(=O)/C(=C(\c2ccc(C(C)(C)C)o2)N(C=O)CC(CCCCCC)CCCCCCCC)C(C)=C1c1ccc(-c2ccc3cc(C(C)(C)C)ccc3c2)s1. The first-order valence-corrected chi connectivity index (χ1v) is 30.7. The van der Waals surface area contributed by atoms with E-state index in [2.05, 4.69) is 136 Å². The molecule has 6 heteroatoms. The van der Waals surface area contributed by atoms with Crippen molar-refractivity contribution in [2.24, 2.45) is 11.8 Å². The first kappa shape index (κ1) is 61.6. The van der Waals surface area contributed by atoms with Gasteiger partial charge in [0.15, 0.2) is 5.76 Å². The normalized spacial score (nSPS) is 14.8. The Labute approximate surface area is 451 Å². The minimum Gasteiger partial charge on any atom is -0.459 e. The molecule has 2 aromatic heterocycles. The quantitative estimate of drug-likeness (QED) is 0.0271. The van der Waals surface area contributed by atoms with Crippen LogP contribution in [-0.4, -0.2) is 35.2 Å². The van der Waals surface area contributed by atoms with Gasteiger partial charge in [-0.15, -0.1) is 11.3 Å². The third kappa shape index (κ3) is 18.7. The summed E-state index contributed by atoms with van der Waals surface area (Å²) in [6.07, 6.45) is 30.2. The predicted molar refractivity (Wildman–Crippen MR) is 319 cm³/mol. The Bertz CT molecular complexity index is 2290. The maximum absolute atomic E-state index is 15.9. The molecule has 406 valence electrons. The van der Waals surface area contributed by atoms with E-state index in [9.17, 15) is 4.79 Å². The summed E-state index contributed by atoms with van der Waals surface area (Å²) in [5, 5.41) is 2.49. The number of furan rings is 1. The van der Waals surface area contributed by atoms with Gasteiger partial charge in [-0.25, -0.2) is 0 Å². The van der Waals surface area contributed by atoms with Gasteiger partial charge < -0.3 is 14.2 Å². The van der Waals surface area contributed by atoms with Crippen LogP contribution in [0.2, 0.25) is 0 Å². The molecule has 4 aromatic rings. The lowest BCUT2D eigenvalue weighted by Gasteiger charge is -2.28. The Morgan fingerprint density at radius 3 is 1.62 bits per heavy atom. The summed E-state index contributed by atoms with van der Waals surface area (Å²) in [6.45, 7) is 29.8. The van der Waals surface area contributed by atoms with Crippen molar-refractivity contribution in [3.05, 3.63) is 93.8 Å². The summed E-state index contributed by atoms with van der Waals surface area (Å²) >= 11 is 1.78. The Kier molecular flexibility index (Phi) is 26.9. The fourth-order valence-electron chi connectivity index (χ4n) is 10.8. The van der Waals surface area contributed by atoms with Crippen LogP contribution in [0.5, 0.6) is 0 Å². The van der Waals surface area contributed by atoms with Crippen LogP contribution in [0.25, 0.3) is 32.6 Å². The van der Waals surface area contributed by atoms with E-state index in [1.54, 1.807) is 11.3 Å². The summed E-state index contributed by atoms with van der Waals surface area (Å²) in [5.41, 5.74) is 5.55. The Morgan fingerprint density at radius 2 is 1.10 bits per heavy atom. The highest BCUT2D eigenvalue weighted by atomic mass is 32.1. The number of hydrogen-bond acceptors (Lipinski definition) is 4. The van der Waals surface area contributed by atoms with Crippen LogP contribution < -0.4 is 0 Å². The molecule has 1 aliphatic heterocycles. The molecule has 5 rings (SSSR count). The third-order valence-electron chi connectivity index (χ3n) is 15.3. The first-order chi connectivity index (χ1) is 35.1. The van der Waals surface area contributed by atoms with Crippen molar-refractivity contribution in [3.63, 3.8) is 0 Å². The van der Waals surface area contributed by atoms with Crippen LogP contribution >= 0.6 is 11.3 Å². The smallest absolute Gasteiger partial charge is 0.260 e. The van der Waals surface area contributed by atoms with Crippen LogP contribution in [0, 0.1) is 11.8 Å². The van der Waals surface area contributed by atoms with Gasteiger partial charge in [0, 0.05) is 23.4 Å². The first-order valence-electron chi connectivity index (χ1n) is 29.9. The fourth-order valence-corrected chi connectivity index (χ4v) is 11.9. The minimum absolute atomic E-state index is 0.000269. The van der Waals surface area contributed by atoms with Crippen LogP contribution in [0.1, 0.15) is 266 Å². The molecule has 2 unspecified atom stereocenters. The molecule has 1 aliphatic rings. The molecule has 2 aromatic carbocycles. The molecule has 0 bridgehead atoms. The number of hydrogen-bond donors (Lipinski definition) is 0. The molecular weight excluding hydrogens is 913 g/mol. The number of fused-ring (bicyclic) bond motifs is 1. The van der Waals surface area contributed by atoms with Crippen LogP contribution in [0.3, 0.4) is 0 Å². The lowest BCUT2D eigenvalue weighted by molar-refractivity contribution is -0.123. The van der Waals surface area contributed by atoms with E-state index in [0.29, 0.717) is 42.0 Å². The van der Waals surface area contributed by atoms with E-state index in [4.69, 9.17) is 4.42 Å². The maximum Gasteiger partial charge on any atom is 0.260 e. The lowest BCUT2D eigenvalue weighted by atomic mass is 9.86. The monoisotopic (exact) mass is 1020 g/mol. The summed E-state index contributed by atoms with van der Waals surface area (Å²) in [6, 6.07) is 22.3. The van der Waals surface area contributed by atoms with Gasteiger partial charge in [-0.05, 0) is 108 Å². The molecule has 2 atom stereocenters. The van der Waals surface area contributed by atoms with Gasteiger partial charge in [-0.3, -0.25) is 9.59 Å². The number of carbonyl (C=O) groups is 2. The second-order valence-corrected chi connectivity index (χ2v) is 24.6. The number of unbranched alkanes of at least 4 members (excludes halogenated alkanes) is 16. The highest BCUT2D eigenvalue weighted by Crippen LogP contribution is 2.46. The van der Waals surface area contributed by atoms with Gasteiger partial charge in [0.25, 0.3) is 5.91 Å². The van der Waals surface area contributed by atoms with E-state index in [-0.39, 0.29) is 16.7 Å². The lowest BCUT2D eigenvalue weighted by Crippen LogP contribution is -2.33. The van der Waals surface area contributed by atoms with E-state index in [1.807, 2.05) is 24.8 Å². The minimum atomic E-state index is -0.242. The molecule has 2 amide bonds. The van der Waals surface area contributed by atoms with Gasteiger partial charge >= 0.3 is 0 Å². The molecule has 0 aliphatic carbocycles. The molecule has 0 N–H and O–H groups in total. The topological polar surface area (TPSA) is 53.8 Å². The largest absolute Gasteiger partial charge is 0.459 e. The number of amides is 2. The van der Waals surface area contributed by atoms with E-state index < -0.39 is 0 Å².